The molecule has 3 rings (SSSR count). The lowest BCUT2D eigenvalue weighted by molar-refractivity contribution is -0.123. The number of aryl methyl sites for hydroxylation is 2. The predicted octanol–water partition coefficient (Wildman–Crippen LogP) is 3.83. The largest absolute Gasteiger partial charge is 0.484 e. The summed E-state index contributed by atoms with van der Waals surface area (Å²) in [7, 11) is 0. The standard InChI is InChI=1S/C24H32N4O2.HI/c1-4-25-24(27-15-20-9-8-17(2)12-18(20)3)26-14-19-6-5-7-22(13-19)30-16-23(29)28-21-10-11-21;/h5-9,12-13,21H,4,10-11,14-16H2,1-3H3,(H,28,29)(H2,25,26,27);1H. The number of benzene rings is 2. The quantitative estimate of drug-likeness (QED) is 0.259. The van der Waals surface area contributed by atoms with E-state index >= 15 is 0 Å². The Bertz CT molecular complexity index is 897. The van der Waals surface area contributed by atoms with Gasteiger partial charge >= 0.3 is 0 Å². The Morgan fingerprint density at radius 1 is 1.13 bits per heavy atom. The first-order chi connectivity index (χ1) is 14.5. The van der Waals surface area contributed by atoms with E-state index < -0.39 is 0 Å². The van der Waals surface area contributed by atoms with E-state index in [1.54, 1.807) is 0 Å². The number of nitrogens with zero attached hydrogens (tertiary/aromatic N) is 1. The van der Waals surface area contributed by atoms with E-state index in [0.29, 0.717) is 18.3 Å². The van der Waals surface area contributed by atoms with E-state index in [1.165, 1.54) is 16.7 Å². The van der Waals surface area contributed by atoms with Crippen LogP contribution < -0.4 is 20.7 Å². The highest BCUT2D eigenvalue weighted by atomic mass is 127. The van der Waals surface area contributed by atoms with Crippen molar-refractivity contribution in [3.05, 3.63) is 64.7 Å². The number of nitrogens with one attached hydrogen (secondary N) is 3. The minimum absolute atomic E-state index is 0. The molecular weight excluding hydrogens is 503 g/mol. The summed E-state index contributed by atoms with van der Waals surface area (Å²) in [6, 6.07) is 14.6. The van der Waals surface area contributed by atoms with Gasteiger partial charge < -0.3 is 20.7 Å². The fourth-order valence-electron chi connectivity index (χ4n) is 3.11. The highest BCUT2D eigenvalue weighted by Gasteiger charge is 2.23. The Hall–Kier alpha value is -2.29. The molecule has 168 valence electrons. The number of hydrogen-bond acceptors (Lipinski definition) is 3. The van der Waals surface area contributed by atoms with E-state index in [4.69, 9.17) is 4.74 Å². The van der Waals surface area contributed by atoms with Gasteiger partial charge in [0.15, 0.2) is 12.6 Å². The molecule has 0 radical (unpaired) electrons. The maximum atomic E-state index is 11.8. The molecule has 0 aliphatic heterocycles. The summed E-state index contributed by atoms with van der Waals surface area (Å²) in [5.41, 5.74) is 4.82. The van der Waals surface area contributed by atoms with Gasteiger partial charge in [-0.3, -0.25) is 4.79 Å². The maximum Gasteiger partial charge on any atom is 0.258 e. The number of carbonyl (C=O) groups is 1. The number of hydrogen-bond donors (Lipinski definition) is 3. The lowest BCUT2D eigenvalue weighted by Gasteiger charge is -2.13. The Balaban J connectivity index is 0.00000341. The normalized spacial score (nSPS) is 13.2. The van der Waals surface area contributed by atoms with E-state index in [-0.39, 0.29) is 36.5 Å². The molecule has 0 atom stereocenters. The molecule has 31 heavy (non-hydrogen) atoms. The van der Waals surface area contributed by atoms with Gasteiger partial charge in [0.25, 0.3) is 5.91 Å². The Morgan fingerprint density at radius 3 is 2.65 bits per heavy atom. The summed E-state index contributed by atoms with van der Waals surface area (Å²) in [4.78, 5) is 16.5. The summed E-state index contributed by atoms with van der Waals surface area (Å²) in [6.45, 7) is 8.36. The van der Waals surface area contributed by atoms with Crippen LogP contribution in [0.25, 0.3) is 0 Å². The van der Waals surface area contributed by atoms with Crippen molar-refractivity contribution < 1.29 is 9.53 Å². The fraction of sp³-hybridized carbons (Fsp3) is 0.417. The minimum Gasteiger partial charge on any atom is -0.484 e. The van der Waals surface area contributed by atoms with Crippen molar-refractivity contribution in [2.45, 2.75) is 52.7 Å². The first-order valence-electron chi connectivity index (χ1n) is 10.6. The van der Waals surface area contributed by atoms with Crippen LogP contribution in [0.2, 0.25) is 0 Å². The molecule has 6 nitrogen and oxygen atoms in total. The van der Waals surface area contributed by atoms with E-state index in [0.717, 1.165) is 37.5 Å². The van der Waals surface area contributed by atoms with Crippen LogP contribution in [0.1, 0.15) is 42.0 Å². The Morgan fingerprint density at radius 2 is 1.94 bits per heavy atom. The molecule has 0 spiro atoms. The van der Waals surface area contributed by atoms with Crippen molar-refractivity contribution in [3.63, 3.8) is 0 Å². The molecule has 0 heterocycles. The second-order valence-corrected chi connectivity index (χ2v) is 7.76. The molecule has 1 aliphatic rings. The summed E-state index contributed by atoms with van der Waals surface area (Å²) < 4.78 is 5.63. The van der Waals surface area contributed by atoms with Gasteiger partial charge in [0, 0.05) is 19.1 Å². The van der Waals surface area contributed by atoms with Crippen LogP contribution in [0.4, 0.5) is 0 Å². The second kappa shape index (κ2) is 12.5. The van der Waals surface area contributed by atoms with Gasteiger partial charge in [0.2, 0.25) is 0 Å². The fourth-order valence-corrected chi connectivity index (χ4v) is 3.11. The smallest absolute Gasteiger partial charge is 0.258 e. The van der Waals surface area contributed by atoms with Gasteiger partial charge in [-0.1, -0.05) is 35.9 Å². The maximum absolute atomic E-state index is 11.8. The van der Waals surface area contributed by atoms with Crippen molar-refractivity contribution in [1.29, 1.82) is 0 Å². The topological polar surface area (TPSA) is 74.8 Å². The first-order valence-corrected chi connectivity index (χ1v) is 10.6. The van der Waals surface area contributed by atoms with E-state index in [2.05, 4.69) is 59.9 Å². The lowest BCUT2D eigenvalue weighted by Crippen LogP contribution is -2.36. The molecule has 1 fully saturated rings. The van der Waals surface area contributed by atoms with Crippen LogP contribution in [-0.2, 0) is 17.9 Å². The average molecular weight is 536 g/mol. The van der Waals surface area contributed by atoms with E-state index in [9.17, 15) is 4.79 Å². The zero-order chi connectivity index (χ0) is 21.3. The number of rotatable bonds is 9. The molecule has 1 aliphatic carbocycles. The Kier molecular flexibility index (Phi) is 10.1. The summed E-state index contributed by atoms with van der Waals surface area (Å²) in [5, 5.41) is 9.61. The van der Waals surface area contributed by atoms with Crippen LogP contribution in [0, 0.1) is 13.8 Å². The first kappa shape index (κ1) is 25.0. The Labute approximate surface area is 202 Å². The summed E-state index contributed by atoms with van der Waals surface area (Å²) in [6.07, 6.45) is 2.15. The average Bonchev–Trinajstić information content (AvgIpc) is 3.54. The minimum atomic E-state index is -0.0639. The molecule has 2 aromatic carbocycles. The molecule has 0 unspecified atom stereocenters. The van der Waals surface area contributed by atoms with Crippen LogP contribution in [0.15, 0.2) is 47.5 Å². The molecule has 0 aromatic heterocycles. The van der Waals surface area contributed by atoms with Gasteiger partial charge in [-0.05, 0) is 62.4 Å². The molecule has 7 heteroatoms. The number of amides is 1. The molecular formula is C24H33IN4O2. The van der Waals surface area contributed by atoms with Gasteiger partial charge in [0.1, 0.15) is 5.75 Å². The molecule has 0 bridgehead atoms. The predicted molar refractivity (Wildman–Crippen MR) is 136 cm³/mol. The van der Waals surface area contributed by atoms with Crippen molar-refractivity contribution in [1.82, 2.24) is 16.0 Å². The molecule has 1 saturated carbocycles. The zero-order valence-corrected chi connectivity index (χ0v) is 20.9. The highest BCUT2D eigenvalue weighted by Crippen LogP contribution is 2.19. The van der Waals surface area contributed by atoms with Crippen molar-refractivity contribution >= 4 is 35.8 Å². The molecule has 2 aromatic rings. The molecule has 0 saturated heterocycles. The van der Waals surface area contributed by atoms with Crippen LogP contribution in [-0.4, -0.2) is 31.1 Å². The van der Waals surface area contributed by atoms with Gasteiger partial charge in [-0.15, -0.1) is 24.0 Å². The number of halogens is 1. The van der Waals surface area contributed by atoms with Crippen molar-refractivity contribution in [2.75, 3.05) is 13.2 Å². The number of ether oxygens (including phenoxy) is 1. The van der Waals surface area contributed by atoms with Crippen molar-refractivity contribution in [2.24, 2.45) is 4.99 Å². The number of guanidine groups is 1. The highest BCUT2D eigenvalue weighted by molar-refractivity contribution is 14.0. The van der Waals surface area contributed by atoms with Crippen LogP contribution in [0.3, 0.4) is 0 Å². The third-order valence-electron chi connectivity index (χ3n) is 4.92. The van der Waals surface area contributed by atoms with Crippen LogP contribution in [0.5, 0.6) is 5.75 Å². The van der Waals surface area contributed by atoms with E-state index in [1.807, 2.05) is 24.3 Å². The van der Waals surface area contributed by atoms with Gasteiger partial charge in [-0.2, -0.15) is 0 Å². The van der Waals surface area contributed by atoms with Crippen LogP contribution >= 0.6 is 24.0 Å². The zero-order valence-electron chi connectivity index (χ0n) is 18.5. The van der Waals surface area contributed by atoms with Crippen molar-refractivity contribution in [3.8, 4) is 5.75 Å². The summed E-state index contributed by atoms with van der Waals surface area (Å²) >= 11 is 0. The molecule has 1 amide bonds. The third kappa shape index (κ3) is 8.77. The van der Waals surface area contributed by atoms with Gasteiger partial charge in [-0.25, -0.2) is 4.99 Å². The SMILES string of the molecule is CCNC(=NCc1cccc(OCC(=O)NC2CC2)c1)NCc1ccc(C)cc1C.I. The number of aliphatic imine (C=N–C) groups is 1. The summed E-state index contributed by atoms with van der Waals surface area (Å²) in [5.74, 6) is 1.39. The second-order valence-electron chi connectivity index (χ2n) is 7.76. The number of carbonyl (C=O) groups excluding carboxylic acids is 1. The monoisotopic (exact) mass is 536 g/mol. The van der Waals surface area contributed by atoms with Gasteiger partial charge in [0.05, 0.1) is 6.54 Å². The third-order valence-corrected chi connectivity index (χ3v) is 4.92. The lowest BCUT2D eigenvalue weighted by atomic mass is 10.1. The molecule has 3 N–H and O–H groups in total.